The molecule has 180 valence electrons. The second-order valence-electron chi connectivity index (χ2n) is 8.33. The number of carbonyl (C=O) groups is 2. The van der Waals surface area contributed by atoms with Gasteiger partial charge in [-0.1, -0.05) is 55.8 Å². The average Bonchev–Trinajstić information content (AvgIpc) is 3.38. The molecule has 0 atom stereocenters. The Kier molecular flexibility index (Phi) is 9.92. The second kappa shape index (κ2) is 13.4. The topological polar surface area (TPSA) is 63.0 Å². The van der Waals surface area contributed by atoms with Crippen LogP contribution in [-0.2, 0) is 29.0 Å². The number of ether oxygens (including phenoxy) is 1. The van der Waals surface area contributed by atoms with Crippen molar-refractivity contribution in [2.45, 2.75) is 39.3 Å². The van der Waals surface area contributed by atoms with Crippen molar-refractivity contribution in [2.24, 2.45) is 0 Å². The summed E-state index contributed by atoms with van der Waals surface area (Å²) in [5.41, 5.74) is 2.80. The SMILES string of the molecule is CCCCc1ccc(C(=O)N(CCOC)CC(=O)N(Cc2ccccc2)Cc2ccco2)cc1. The summed E-state index contributed by atoms with van der Waals surface area (Å²) in [6, 6.07) is 21.2. The zero-order valence-electron chi connectivity index (χ0n) is 20.1. The monoisotopic (exact) mass is 462 g/mol. The third-order valence-corrected chi connectivity index (χ3v) is 5.69. The Labute approximate surface area is 202 Å². The van der Waals surface area contributed by atoms with E-state index in [9.17, 15) is 9.59 Å². The zero-order valence-corrected chi connectivity index (χ0v) is 20.1. The summed E-state index contributed by atoms with van der Waals surface area (Å²) in [5.74, 6) is 0.371. The van der Waals surface area contributed by atoms with Gasteiger partial charge in [-0.3, -0.25) is 9.59 Å². The molecule has 1 aromatic heterocycles. The Bertz CT molecular complexity index is 1000. The van der Waals surface area contributed by atoms with Crippen molar-refractivity contribution >= 4 is 11.8 Å². The quantitative estimate of drug-likeness (QED) is 0.361. The fourth-order valence-corrected chi connectivity index (χ4v) is 3.72. The number of hydrogen-bond acceptors (Lipinski definition) is 4. The molecule has 0 aliphatic heterocycles. The molecule has 3 aromatic rings. The van der Waals surface area contributed by atoms with E-state index in [-0.39, 0.29) is 18.4 Å². The minimum atomic E-state index is -0.176. The summed E-state index contributed by atoms with van der Waals surface area (Å²) < 4.78 is 10.7. The lowest BCUT2D eigenvalue weighted by atomic mass is 10.1. The smallest absolute Gasteiger partial charge is 0.254 e. The molecule has 2 amide bonds. The van der Waals surface area contributed by atoms with Crippen LogP contribution in [0.1, 0.15) is 47.0 Å². The number of carbonyl (C=O) groups excluding carboxylic acids is 2. The third kappa shape index (κ3) is 7.59. The van der Waals surface area contributed by atoms with Crippen molar-refractivity contribution in [1.82, 2.24) is 9.80 Å². The molecule has 0 aliphatic rings. The predicted molar refractivity (Wildman–Crippen MR) is 132 cm³/mol. The highest BCUT2D eigenvalue weighted by Crippen LogP contribution is 2.14. The van der Waals surface area contributed by atoms with Gasteiger partial charge in [0.2, 0.25) is 5.91 Å². The molecule has 0 fully saturated rings. The largest absolute Gasteiger partial charge is 0.467 e. The van der Waals surface area contributed by atoms with Gasteiger partial charge in [0, 0.05) is 25.8 Å². The normalized spacial score (nSPS) is 10.8. The van der Waals surface area contributed by atoms with E-state index in [1.807, 2.05) is 60.7 Å². The van der Waals surface area contributed by atoms with Crippen LogP contribution in [0.25, 0.3) is 0 Å². The Morgan fingerprint density at radius 2 is 1.65 bits per heavy atom. The van der Waals surface area contributed by atoms with Crippen molar-refractivity contribution < 1.29 is 18.7 Å². The van der Waals surface area contributed by atoms with Crippen molar-refractivity contribution in [2.75, 3.05) is 26.8 Å². The first-order valence-electron chi connectivity index (χ1n) is 11.8. The van der Waals surface area contributed by atoms with Crippen LogP contribution in [-0.4, -0.2) is 48.4 Å². The van der Waals surface area contributed by atoms with Crippen LogP contribution in [0.15, 0.2) is 77.4 Å². The lowest BCUT2D eigenvalue weighted by Crippen LogP contribution is -2.43. The highest BCUT2D eigenvalue weighted by molar-refractivity contribution is 5.96. The number of furan rings is 1. The van der Waals surface area contributed by atoms with Crippen LogP contribution >= 0.6 is 0 Å². The van der Waals surface area contributed by atoms with Gasteiger partial charge < -0.3 is 19.0 Å². The molecule has 6 heteroatoms. The molecule has 0 saturated carbocycles. The molecule has 0 saturated heterocycles. The van der Waals surface area contributed by atoms with E-state index in [2.05, 4.69) is 6.92 Å². The van der Waals surface area contributed by atoms with Gasteiger partial charge in [-0.2, -0.15) is 0 Å². The molecule has 0 spiro atoms. The minimum Gasteiger partial charge on any atom is -0.467 e. The Morgan fingerprint density at radius 1 is 0.882 bits per heavy atom. The van der Waals surface area contributed by atoms with E-state index < -0.39 is 0 Å². The van der Waals surface area contributed by atoms with E-state index in [1.165, 1.54) is 5.56 Å². The molecule has 3 rings (SSSR count). The first kappa shape index (κ1) is 25.2. The van der Waals surface area contributed by atoms with Gasteiger partial charge in [0.25, 0.3) is 5.91 Å². The molecule has 0 N–H and O–H groups in total. The van der Waals surface area contributed by atoms with Gasteiger partial charge in [0.05, 0.1) is 19.4 Å². The molecule has 0 unspecified atom stereocenters. The maximum Gasteiger partial charge on any atom is 0.254 e. The lowest BCUT2D eigenvalue weighted by molar-refractivity contribution is -0.133. The molecule has 6 nitrogen and oxygen atoms in total. The Hall–Kier alpha value is -3.38. The summed E-state index contributed by atoms with van der Waals surface area (Å²) >= 11 is 0. The highest BCUT2D eigenvalue weighted by Gasteiger charge is 2.23. The number of nitrogens with zero attached hydrogens (tertiary/aromatic N) is 2. The van der Waals surface area contributed by atoms with E-state index in [0.717, 1.165) is 24.8 Å². The predicted octanol–water partition coefficient (Wildman–Crippen LogP) is 4.94. The highest BCUT2D eigenvalue weighted by atomic mass is 16.5. The maximum absolute atomic E-state index is 13.4. The summed E-state index contributed by atoms with van der Waals surface area (Å²) in [4.78, 5) is 30.0. The maximum atomic E-state index is 13.4. The van der Waals surface area contributed by atoms with E-state index >= 15 is 0 Å². The van der Waals surface area contributed by atoms with E-state index in [0.29, 0.717) is 37.6 Å². The molecule has 2 aromatic carbocycles. The van der Waals surface area contributed by atoms with Crippen LogP contribution in [0.3, 0.4) is 0 Å². The van der Waals surface area contributed by atoms with E-state index in [1.54, 1.807) is 29.2 Å². The lowest BCUT2D eigenvalue weighted by Gasteiger charge is -2.27. The minimum absolute atomic E-state index is 0.0344. The van der Waals surface area contributed by atoms with Crippen LogP contribution in [0.2, 0.25) is 0 Å². The van der Waals surface area contributed by atoms with Crippen molar-refractivity contribution in [3.63, 3.8) is 0 Å². The molecular weight excluding hydrogens is 428 g/mol. The number of benzene rings is 2. The molecule has 1 heterocycles. The van der Waals surface area contributed by atoms with Gasteiger partial charge in [-0.15, -0.1) is 0 Å². The molecule has 34 heavy (non-hydrogen) atoms. The van der Waals surface area contributed by atoms with Crippen LogP contribution < -0.4 is 0 Å². The van der Waals surface area contributed by atoms with Gasteiger partial charge in [0.15, 0.2) is 0 Å². The summed E-state index contributed by atoms with van der Waals surface area (Å²) in [6.07, 6.45) is 4.84. The van der Waals surface area contributed by atoms with E-state index in [4.69, 9.17) is 9.15 Å². The molecule has 0 radical (unpaired) electrons. The number of amides is 2. The number of unbranched alkanes of at least 4 members (excludes halogenated alkanes) is 1. The Balaban J connectivity index is 1.74. The first-order chi connectivity index (χ1) is 16.6. The summed E-state index contributed by atoms with van der Waals surface area (Å²) in [6.45, 7) is 3.57. The van der Waals surface area contributed by atoms with Gasteiger partial charge in [-0.05, 0) is 48.2 Å². The third-order valence-electron chi connectivity index (χ3n) is 5.69. The summed E-state index contributed by atoms with van der Waals surface area (Å²) in [7, 11) is 1.59. The number of rotatable bonds is 13. The van der Waals surface area contributed by atoms with Gasteiger partial charge >= 0.3 is 0 Å². The fourth-order valence-electron chi connectivity index (χ4n) is 3.72. The molecular formula is C28H34N2O4. The van der Waals surface area contributed by atoms with Gasteiger partial charge in [-0.25, -0.2) is 0 Å². The van der Waals surface area contributed by atoms with Crippen molar-refractivity contribution in [3.05, 3.63) is 95.4 Å². The molecule has 0 bridgehead atoms. The number of hydrogen-bond donors (Lipinski definition) is 0. The van der Waals surface area contributed by atoms with Crippen molar-refractivity contribution in [3.8, 4) is 0 Å². The van der Waals surface area contributed by atoms with Gasteiger partial charge in [0.1, 0.15) is 12.3 Å². The first-order valence-corrected chi connectivity index (χ1v) is 11.8. The van der Waals surface area contributed by atoms with Crippen LogP contribution in [0, 0.1) is 0 Å². The van der Waals surface area contributed by atoms with Crippen LogP contribution in [0.4, 0.5) is 0 Å². The fraction of sp³-hybridized carbons (Fsp3) is 0.357. The standard InChI is InChI=1S/C28H34N2O4/c1-3-4-9-23-13-15-25(16-14-23)28(32)29(17-19-33-2)22-27(31)30(21-26-12-8-18-34-26)20-24-10-6-5-7-11-24/h5-8,10-16,18H,3-4,9,17,19-22H2,1-2H3. The number of aryl methyl sites for hydroxylation is 1. The van der Waals surface area contributed by atoms with Crippen molar-refractivity contribution in [1.29, 1.82) is 0 Å². The summed E-state index contributed by atoms with van der Waals surface area (Å²) in [5, 5.41) is 0. The molecule has 0 aliphatic carbocycles. The average molecular weight is 463 g/mol. The van der Waals surface area contributed by atoms with Crippen LogP contribution in [0.5, 0.6) is 0 Å². The second-order valence-corrected chi connectivity index (χ2v) is 8.33. The Morgan fingerprint density at radius 3 is 2.29 bits per heavy atom. The number of methoxy groups -OCH3 is 1. The zero-order chi connectivity index (χ0) is 24.2.